The van der Waals surface area contributed by atoms with Crippen LogP contribution in [0.3, 0.4) is 0 Å². The van der Waals surface area contributed by atoms with Crippen LogP contribution >= 0.6 is 0 Å². The Bertz CT molecular complexity index is 572. The van der Waals surface area contributed by atoms with Crippen LogP contribution in [-0.2, 0) is 0 Å². The molecule has 0 aliphatic heterocycles. The van der Waals surface area contributed by atoms with E-state index in [0.29, 0.717) is 0 Å². The van der Waals surface area contributed by atoms with Gasteiger partial charge in [0.05, 0.1) is 0 Å². The first-order valence-electron chi connectivity index (χ1n) is 20.4. The molecule has 2 aliphatic rings. The molecule has 42 heavy (non-hydrogen) atoms. The predicted octanol–water partition coefficient (Wildman–Crippen LogP) is 15.0. The lowest BCUT2D eigenvalue weighted by Gasteiger charge is -2.32. The molecule has 2 aliphatic carbocycles. The summed E-state index contributed by atoms with van der Waals surface area (Å²) in [6.45, 7) is 9.02. The van der Waals surface area contributed by atoms with Gasteiger partial charge in [0.25, 0.3) is 14.1 Å². The highest BCUT2D eigenvalue weighted by Gasteiger charge is 2.35. The molecular weight excluding hydrogens is 519 g/mol. The lowest BCUT2D eigenvalue weighted by Crippen LogP contribution is -2.21. The minimum atomic E-state index is -0.495. The normalized spacial score (nSPS) is 20.3. The second-order valence-electron chi connectivity index (χ2n) is 15.4. The predicted molar refractivity (Wildman–Crippen MR) is 194 cm³/mol. The van der Waals surface area contributed by atoms with Crippen molar-refractivity contribution in [3.8, 4) is 0 Å². The zero-order chi connectivity index (χ0) is 29.9. The second-order valence-corrected chi connectivity index (χ2v) is 18.9. The van der Waals surface area contributed by atoms with E-state index in [2.05, 4.69) is 20.4 Å². The summed E-state index contributed by atoms with van der Waals surface area (Å²) in [5, 5.41) is 5.01. The molecule has 0 radical (unpaired) electrons. The van der Waals surface area contributed by atoms with Gasteiger partial charge in [-0.05, 0) is 49.9 Å². The Morgan fingerprint density at radius 3 is 1.36 bits per heavy atom. The molecule has 0 spiro atoms. The minimum Gasteiger partial charge on any atom is -0.0996 e. The third kappa shape index (κ3) is 19.6. The number of hydrogen-bond acceptors (Lipinski definition) is 0. The molecule has 0 N–H and O–H groups in total. The van der Waals surface area contributed by atoms with E-state index in [4.69, 9.17) is 0 Å². The summed E-state index contributed by atoms with van der Waals surface area (Å²) in [6, 6.07) is 0. The standard InChI is InChI=1S/C17H29.2C12H25.Al/c1-3-4-5-6-7-8-15-10-12-17-14(2)9-11-16(17)13-15;2*1-3-5-7-9-11-12-10-8-6-4-2;/h15-17H,1-13H2;2*1,3-12H2,2H3;. The van der Waals surface area contributed by atoms with Gasteiger partial charge in [-0.2, -0.15) is 0 Å². The van der Waals surface area contributed by atoms with Gasteiger partial charge in [-0.25, -0.2) is 0 Å². The molecule has 0 bridgehead atoms. The molecule has 3 atom stereocenters. The van der Waals surface area contributed by atoms with E-state index >= 15 is 0 Å². The van der Waals surface area contributed by atoms with Gasteiger partial charge in [-0.1, -0.05) is 209 Å². The molecule has 0 nitrogen and oxygen atoms in total. The Hall–Kier alpha value is 0.272. The van der Waals surface area contributed by atoms with Gasteiger partial charge in [0.15, 0.2) is 0 Å². The maximum atomic E-state index is 4.37. The third-order valence-corrected chi connectivity index (χ3v) is 15.3. The fourth-order valence-corrected chi connectivity index (χ4v) is 12.2. The van der Waals surface area contributed by atoms with Crippen LogP contribution < -0.4 is 0 Å². The van der Waals surface area contributed by atoms with Crippen LogP contribution in [0.4, 0.5) is 0 Å². The number of allylic oxidation sites excluding steroid dienone is 1. The van der Waals surface area contributed by atoms with Gasteiger partial charge in [0, 0.05) is 0 Å². The van der Waals surface area contributed by atoms with Gasteiger partial charge < -0.3 is 0 Å². The molecular formula is C41H79Al. The first kappa shape index (κ1) is 38.5. The molecule has 0 aromatic carbocycles. The van der Waals surface area contributed by atoms with Crippen LogP contribution in [0.25, 0.3) is 0 Å². The number of rotatable bonds is 30. The number of hydrogen-bond donors (Lipinski definition) is 0. The lowest BCUT2D eigenvalue weighted by molar-refractivity contribution is 0.213. The molecule has 2 fully saturated rings. The van der Waals surface area contributed by atoms with Crippen LogP contribution in [0, 0.1) is 17.8 Å². The minimum absolute atomic E-state index is 0.495. The Morgan fingerprint density at radius 1 is 0.500 bits per heavy atom. The average molecular weight is 599 g/mol. The van der Waals surface area contributed by atoms with Crippen molar-refractivity contribution in [2.75, 3.05) is 0 Å². The third-order valence-electron chi connectivity index (χ3n) is 11.6. The number of unbranched alkanes of at least 4 members (excludes halogenated alkanes) is 22. The van der Waals surface area contributed by atoms with Crippen molar-refractivity contribution in [1.29, 1.82) is 0 Å². The fraction of sp³-hybridized carbons (Fsp3) is 0.951. The van der Waals surface area contributed by atoms with Gasteiger partial charge in [0.1, 0.15) is 0 Å². The van der Waals surface area contributed by atoms with E-state index < -0.39 is 14.1 Å². The highest BCUT2D eigenvalue weighted by atomic mass is 27.2. The Kier molecular flexibility index (Phi) is 25.2. The number of fused-ring (bicyclic) bond motifs is 1. The maximum Gasteiger partial charge on any atom is 0.261 e. The van der Waals surface area contributed by atoms with Crippen LogP contribution in [-0.4, -0.2) is 14.1 Å². The van der Waals surface area contributed by atoms with Crippen LogP contribution in [0.2, 0.25) is 15.8 Å². The monoisotopic (exact) mass is 599 g/mol. The topological polar surface area (TPSA) is 0 Å². The summed E-state index contributed by atoms with van der Waals surface area (Å²) in [7, 11) is 0. The summed E-state index contributed by atoms with van der Waals surface area (Å²) >= 11 is -0.495. The van der Waals surface area contributed by atoms with Crippen molar-refractivity contribution in [2.45, 2.75) is 229 Å². The maximum absolute atomic E-state index is 4.37. The van der Waals surface area contributed by atoms with E-state index in [9.17, 15) is 0 Å². The molecule has 0 aromatic rings. The van der Waals surface area contributed by atoms with Gasteiger partial charge >= 0.3 is 0 Å². The molecule has 1 heteroatoms. The van der Waals surface area contributed by atoms with Crippen molar-refractivity contribution >= 4 is 14.1 Å². The Morgan fingerprint density at radius 2 is 0.905 bits per heavy atom. The van der Waals surface area contributed by atoms with Crippen LogP contribution in [0.1, 0.15) is 213 Å². The van der Waals surface area contributed by atoms with Crippen molar-refractivity contribution < 1.29 is 0 Å². The zero-order valence-electron chi connectivity index (χ0n) is 29.6. The van der Waals surface area contributed by atoms with E-state index in [1.807, 2.05) is 0 Å². The summed E-state index contributed by atoms with van der Waals surface area (Å²) in [4.78, 5) is 0. The Balaban J connectivity index is 1.50. The van der Waals surface area contributed by atoms with Crippen LogP contribution in [0.5, 0.6) is 0 Å². The van der Waals surface area contributed by atoms with Crippen LogP contribution in [0.15, 0.2) is 12.2 Å². The molecule has 0 heterocycles. The smallest absolute Gasteiger partial charge is 0.0996 e. The molecule has 3 unspecified atom stereocenters. The molecule has 0 amide bonds. The lowest BCUT2D eigenvalue weighted by atomic mass is 9.73. The first-order valence-corrected chi connectivity index (χ1v) is 22.9. The van der Waals surface area contributed by atoms with Gasteiger partial charge in [-0.3, -0.25) is 0 Å². The van der Waals surface area contributed by atoms with E-state index in [-0.39, 0.29) is 0 Å². The summed E-state index contributed by atoms with van der Waals surface area (Å²) in [5.41, 5.74) is 1.60. The largest absolute Gasteiger partial charge is 0.261 e. The second kappa shape index (κ2) is 27.6. The molecule has 0 saturated heterocycles. The Labute approximate surface area is 271 Å². The van der Waals surface area contributed by atoms with Gasteiger partial charge in [0.2, 0.25) is 0 Å². The van der Waals surface area contributed by atoms with E-state index in [1.165, 1.54) is 180 Å². The summed E-state index contributed by atoms with van der Waals surface area (Å²) in [5.74, 6) is 2.99. The van der Waals surface area contributed by atoms with Crippen molar-refractivity contribution in [3.63, 3.8) is 0 Å². The highest BCUT2D eigenvalue weighted by molar-refractivity contribution is 6.58. The fourth-order valence-electron chi connectivity index (χ4n) is 8.71. The molecule has 2 rings (SSSR count). The average Bonchev–Trinajstić information content (AvgIpc) is 3.37. The SMILES string of the molecule is C=C1CCC2CC(CCCCCC[CH2][Al]([CH2]CCCCCCCCCCC)[CH2]CCCCCCCCCCC)CCC12. The van der Waals surface area contributed by atoms with Crippen molar-refractivity contribution in [3.05, 3.63) is 12.2 Å². The first-order chi connectivity index (χ1) is 20.7. The molecule has 2 saturated carbocycles. The zero-order valence-corrected chi connectivity index (χ0v) is 30.7. The van der Waals surface area contributed by atoms with E-state index in [1.54, 1.807) is 40.7 Å². The summed E-state index contributed by atoms with van der Waals surface area (Å²) in [6.07, 6.45) is 46.3. The van der Waals surface area contributed by atoms with Crippen molar-refractivity contribution in [1.82, 2.24) is 0 Å². The summed E-state index contributed by atoms with van der Waals surface area (Å²) < 4.78 is 0. The van der Waals surface area contributed by atoms with E-state index in [0.717, 1.165) is 17.8 Å². The van der Waals surface area contributed by atoms with Gasteiger partial charge in [-0.15, -0.1) is 0 Å². The molecule has 246 valence electrons. The molecule has 0 aromatic heterocycles. The quantitative estimate of drug-likeness (QED) is 0.0438. The highest BCUT2D eigenvalue weighted by Crippen LogP contribution is 2.47. The van der Waals surface area contributed by atoms with Crippen molar-refractivity contribution in [2.24, 2.45) is 17.8 Å².